The molecule has 72 valence electrons. The predicted octanol–water partition coefficient (Wildman–Crippen LogP) is 2.34. The highest BCUT2D eigenvalue weighted by Crippen LogP contribution is 2.11. The summed E-state index contributed by atoms with van der Waals surface area (Å²) < 4.78 is 0. The number of hydrogen-bond donors (Lipinski definition) is 1. The Morgan fingerprint density at radius 1 is 1.57 bits per heavy atom. The second-order valence-corrected chi connectivity index (χ2v) is 3.30. The molecule has 0 fully saturated rings. The Labute approximate surface area is 84.1 Å². The fourth-order valence-corrected chi connectivity index (χ4v) is 1.08. The van der Waals surface area contributed by atoms with E-state index in [1.165, 1.54) is 0 Å². The van der Waals surface area contributed by atoms with Gasteiger partial charge in [0.2, 0.25) is 0 Å². The first-order valence-corrected chi connectivity index (χ1v) is 4.50. The van der Waals surface area contributed by atoms with Crippen molar-refractivity contribution in [1.29, 1.82) is 5.26 Å². The zero-order chi connectivity index (χ0) is 10.6. The van der Waals surface area contributed by atoms with E-state index in [9.17, 15) is 5.11 Å². The van der Waals surface area contributed by atoms with Gasteiger partial charge in [-0.15, -0.1) is 0 Å². The SMILES string of the molecule is C/C(=C\c1cccc(C#N)c1)C(C)O. The zero-order valence-electron chi connectivity index (χ0n) is 8.36. The first-order chi connectivity index (χ1) is 6.63. The maximum Gasteiger partial charge on any atom is 0.0991 e. The standard InChI is InChI=1S/C12H13NO/c1-9(10(2)14)6-11-4-3-5-12(7-11)8-13/h3-7,10,14H,1-2H3/b9-6+. The van der Waals surface area contributed by atoms with E-state index >= 15 is 0 Å². The molecular weight excluding hydrogens is 174 g/mol. The molecule has 0 spiro atoms. The summed E-state index contributed by atoms with van der Waals surface area (Å²) in [6, 6.07) is 9.38. The molecule has 0 bridgehead atoms. The molecule has 1 atom stereocenters. The van der Waals surface area contributed by atoms with Gasteiger partial charge in [0.15, 0.2) is 0 Å². The Hall–Kier alpha value is -1.59. The molecule has 1 rings (SSSR count). The van der Waals surface area contributed by atoms with Crippen LogP contribution in [0.15, 0.2) is 29.8 Å². The van der Waals surface area contributed by atoms with Crippen molar-refractivity contribution >= 4 is 6.08 Å². The van der Waals surface area contributed by atoms with Crippen molar-refractivity contribution in [2.45, 2.75) is 20.0 Å². The molecule has 1 aromatic carbocycles. The van der Waals surface area contributed by atoms with E-state index in [2.05, 4.69) is 6.07 Å². The molecule has 1 aromatic rings. The van der Waals surface area contributed by atoms with Crippen molar-refractivity contribution < 1.29 is 5.11 Å². The summed E-state index contributed by atoms with van der Waals surface area (Å²) in [7, 11) is 0. The zero-order valence-corrected chi connectivity index (χ0v) is 8.36. The Morgan fingerprint density at radius 3 is 2.86 bits per heavy atom. The van der Waals surface area contributed by atoms with Gasteiger partial charge in [-0.05, 0) is 37.1 Å². The first kappa shape index (κ1) is 10.5. The van der Waals surface area contributed by atoms with Crippen LogP contribution in [0.5, 0.6) is 0 Å². The highest BCUT2D eigenvalue weighted by Gasteiger charge is 1.98. The lowest BCUT2D eigenvalue weighted by Crippen LogP contribution is -2.00. The lowest BCUT2D eigenvalue weighted by molar-refractivity contribution is 0.232. The maximum atomic E-state index is 9.28. The third kappa shape index (κ3) is 2.72. The molecule has 0 aliphatic heterocycles. The second kappa shape index (κ2) is 4.59. The van der Waals surface area contributed by atoms with E-state index in [0.717, 1.165) is 11.1 Å². The molecule has 0 amide bonds. The minimum atomic E-state index is -0.444. The van der Waals surface area contributed by atoms with Crippen molar-refractivity contribution in [3.8, 4) is 6.07 Å². The van der Waals surface area contributed by atoms with Crippen molar-refractivity contribution in [1.82, 2.24) is 0 Å². The van der Waals surface area contributed by atoms with Crippen molar-refractivity contribution in [2.75, 3.05) is 0 Å². The highest BCUT2D eigenvalue weighted by molar-refractivity contribution is 5.55. The molecule has 0 aromatic heterocycles. The maximum absolute atomic E-state index is 9.28. The molecule has 0 saturated carbocycles. The summed E-state index contributed by atoms with van der Waals surface area (Å²) in [6.45, 7) is 3.59. The number of nitrogens with zero attached hydrogens (tertiary/aromatic N) is 1. The lowest BCUT2D eigenvalue weighted by atomic mass is 10.1. The van der Waals surface area contributed by atoms with Gasteiger partial charge in [-0.2, -0.15) is 5.26 Å². The van der Waals surface area contributed by atoms with E-state index in [0.29, 0.717) is 5.56 Å². The van der Waals surface area contributed by atoms with Crippen LogP contribution in [-0.2, 0) is 0 Å². The van der Waals surface area contributed by atoms with Crippen LogP contribution in [0.25, 0.3) is 6.08 Å². The minimum Gasteiger partial charge on any atom is -0.389 e. The third-order valence-corrected chi connectivity index (χ3v) is 2.07. The van der Waals surface area contributed by atoms with Gasteiger partial charge in [-0.1, -0.05) is 18.2 Å². The van der Waals surface area contributed by atoms with Crippen LogP contribution >= 0.6 is 0 Å². The molecule has 0 radical (unpaired) electrons. The summed E-state index contributed by atoms with van der Waals surface area (Å²) in [5.74, 6) is 0. The number of hydrogen-bond acceptors (Lipinski definition) is 2. The van der Waals surface area contributed by atoms with Crippen LogP contribution in [0.3, 0.4) is 0 Å². The average molecular weight is 187 g/mol. The van der Waals surface area contributed by atoms with E-state index < -0.39 is 6.10 Å². The summed E-state index contributed by atoms with van der Waals surface area (Å²) >= 11 is 0. The highest BCUT2D eigenvalue weighted by atomic mass is 16.3. The molecule has 2 nitrogen and oxygen atoms in total. The van der Waals surface area contributed by atoms with Crippen molar-refractivity contribution in [2.24, 2.45) is 0 Å². The van der Waals surface area contributed by atoms with E-state index in [1.807, 2.05) is 25.1 Å². The minimum absolute atomic E-state index is 0.444. The van der Waals surface area contributed by atoms with Gasteiger partial charge in [-0.25, -0.2) is 0 Å². The predicted molar refractivity (Wildman–Crippen MR) is 56.5 cm³/mol. The van der Waals surface area contributed by atoms with Gasteiger partial charge in [-0.3, -0.25) is 0 Å². The molecule has 0 aliphatic rings. The summed E-state index contributed by atoms with van der Waals surface area (Å²) in [5, 5.41) is 18.0. The van der Waals surface area contributed by atoms with Gasteiger partial charge in [0.25, 0.3) is 0 Å². The Kier molecular flexibility index (Phi) is 3.44. The van der Waals surface area contributed by atoms with Crippen LogP contribution in [0, 0.1) is 11.3 Å². The van der Waals surface area contributed by atoms with E-state index in [-0.39, 0.29) is 0 Å². The summed E-state index contributed by atoms with van der Waals surface area (Å²) in [6.07, 6.45) is 1.44. The Morgan fingerprint density at radius 2 is 2.29 bits per heavy atom. The van der Waals surface area contributed by atoms with Crippen LogP contribution < -0.4 is 0 Å². The van der Waals surface area contributed by atoms with Gasteiger partial charge in [0, 0.05) is 0 Å². The van der Waals surface area contributed by atoms with Gasteiger partial charge >= 0.3 is 0 Å². The fraction of sp³-hybridized carbons (Fsp3) is 0.250. The quantitative estimate of drug-likeness (QED) is 0.772. The number of aliphatic hydroxyl groups excluding tert-OH is 1. The van der Waals surface area contributed by atoms with Crippen LogP contribution in [-0.4, -0.2) is 11.2 Å². The molecule has 14 heavy (non-hydrogen) atoms. The monoisotopic (exact) mass is 187 g/mol. The van der Waals surface area contributed by atoms with Crippen molar-refractivity contribution in [3.63, 3.8) is 0 Å². The van der Waals surface area contributed by atoms with Crippen LogP contribution in [0.4, 0.5) is 0 Å². The number of rotatable bonds is 2. The number of benzene rings is 1. The summed E-state index contributed by atoms with van der Waals surface area (Å²) in [4.78, 5) is 0. The molecule has 1 N–H and O–H groups in total. The first-order valence-electron chi connectivity index (χ1n) is 4.50. The fourth-order valence-electron chi connectivity index (χ4n) is 1.08. The Balaban J connectivity index is 2.98. The lowest BCUT2D eigenvalue weighted by Gasteiger charge is -2.03. The Bertz CT molecular complexity index is 386. The molecule has 0 aliphatic carbocycles. The molecule has 0 heterocycles. The van der Waals surface area contributed by atoms with Gasteiger partial charge < -0.3 is 5.11 Å². The third-order valence-electron chi connectivity index (χ3n) is 2.07. The molecule has 1 unspecified atom stereocenters. The van der Waals surface area contributed by atoms with Crippen molar-refractivity contribution in [3.05, 3.63) is 41.0 Å². The topological polar surface area (TPSA) is 44.0 Å². The van der Waals surface area contributed by atoms with Gasteiger partial charge in [0.1, 0.15) is 0 Å². The molecule has 2 heteroatoms. The van der Waals surface area contributed by atoms with E-state index in [4.69, 9.17) is 5.26 Å². The average Bonchev–Trinajstić information content (AvgIpc) is 2.18. The smallest absolute Gasteiger partial charge is 0.0991 e. The summed E-state index contributed by atoms with van der Waals surface area (Å²) in [5.41, 5.74) is 2.47. The van der Waals surface area contributed by atoms with Crippen LogP contribution in [0.2, 0.25) is 0 Å². The largest absolute Gasteiger partial charge is 0.389 e. The van der Waals surface area contributed by atoms with Crippen LogP contribution in [0.1, 0.15) is 25.0 Å². The molecule has 0 saturated heterocycles. The normalized spacial score (nSPS) is 13.4. The van der Waals surface area contributed by atoms with E-state index in [1.54, 1.807) is 19.1 Å². The molecular formula is C12H13NO. The van der Waals surface area contributed by atoms with Gasteiger partial charge in [0.05, 0.1) is 17.7 Å². The second-order valence-electron chi connectivity index (χ2n) is 3.30. The number of nitriles is 1. The number of aliphatic hydroxyl groups is 1.